The third-order valence-corrected chi connectivity index (χ3v) is 7.91. The minimum atomic E-state index is -4.96. The standard InChI is InChI=1S/C23H25F4N3O6S/c1-13-20(12-28-14(2)31)36-19-10-7-16(29(21(32)33)22(3,4)23(25,26)27)11-18(19)30(13)37(34,35)17-8-5-15(24)6-9-17/h5-11,13,20H,12H2,1-4H3,(H,28,31)(H,32,33)/t13-,20-/m1/s1. The Morgan fingerprint density at radius 1 is 1.14 bits per heavy atom. The first-order valence-electron chi connectivity index (χ1n) is 10.9. The fraction of sp³-hybridized carbons (Fsp3) is 0.391. The van der Waals surface area contributed by atoms with Gasteiger partial charge in [-0.05, 0) is 63.2 Å². The van der Waals surface area contributed by atoms with Gasteiger partial charge in [0.25, 0.3) is 10.0 Å². The van der Waals surface area contributed by atoms with Crippen LogP contribution in [-0.4, -0.2) is 55.9 Å². The van der Waals surface area contributed by atoms with E-state index in [9.17, 15) is 40.7 Å². The molecule has 2 atom stereocenters. The Kier molecular flexibility index (Phi) is 7.37. The largest absolute Gasteiger partial charge is 0.484 e. The van der Waals surface area contributed by atoms with Crippen LogP contribution < -0.4 is 19.3 Å². The summed E-state index contributed by atoms with van der Waals surface area (Å²) in [5.74, 6) is -1.17. The monoisotopic (exact) mass is 547 g/mol. The second-order valence-corrected chi connectivity index (χ2v) is 10.7. The normalized spacial score (nSPS) is 18.0. The molecule has 0 unspecified atom stereocenters. The van der Waals surface area contributed by atoms with E-state index in [1.54, 1.807) is 0 Å². The Bertz CT molecular complexity index is 1300. The molecule has 0 radical (unpaired) electrons. The van der Waals surface area contributed by atoms with E-state index in [4.69, 9.17) is 4.74 Å². The number of carbonyl (C=O) groups excluding carboxylic acids is 1. The zero-order valence-corrected chi connectivity index (χ0v) is 21.0. The van der Waals surface area contributed by atoms with Crippen LogP contribution in [0.2, 0.25) is 0 Å². The summed E-state index contributed by atoms with van der Waals surface area (Å²) in [6.45, 7) is 3.96. The molecule has 37 heavy (non-hydrogen) atoms. The van der Waals surface area contributed by atoms with Gasteiger partial charge in [0.05, 0.1) is 28.9 Å². The predicted molar refractivity (Wildman–Crippen MR) is 126 cm³/mol. The molecule has 1 aliphatic rings. The lowest BCUT2D eigenvalue weighted by Gasteiger charge is -2.42. The molecule has 202 valence electrons. The van der Waals surface area contributed by atoms with Crippen LogP contribution >= 0.6 is 0 Å². The quantitative estimate of drug-likeness (QED) is 0.526. The Balaban J connectivity index is 2.22. The van der Waals surface area contributed by atoms with Gasteiger partial charge in [-0.3, -0.25) is 14.0 Å². The third kappa shape index (κ3) is 5.29. The molecule has 0 saturated carbocycles. The molecule has 2 aromatic rings. The summed E-state index contributed by atoms with van der Waals surface area (Å²) in [4.78, 5) is 23.2. The average Bonchev–Trinajstić information content (AvgIpc) is 2.76. The molecule has 3 rings (SSSR count). The Morgan fingerprint density at radius 2 is 1.73 bits per heavy atom. The summed E-state index contributed by atoms with van der Waals surface area (Å²) in [6.07, 6.45) is -7.79. The minimum Gasteiger partial charge on any atom is -0.484 e. The smallest absolute Gasteiger partial charge is 0.412 e. The van der Waals surface area contributed by atoms with Crippen molar-refractivity contribution in [1.82, 2.24) is 5.32 Å². The first kappa shape index (κ1) is 28.0. The molecule has 14 heteroatoms. The summed E-state index contributed by atoms with van der Waals surface area (Å²) in [5, 5.41) is 12.2. The molecule has 0 bridgehead atoms. The topological polar surface area (TPSA) is 116 Å². The maximum Gasteiger partial charge on any atom is 0.412 e. The van der Waals surface area contributed by atoms with Crippen LogP contribution in [0.1, 0.15) is 27.7 Å². The summed E-state index contributed by atoms with van der Waals surface area (Å²) in [6, 6.07) is 6.10. The van der Waals surface area contributed by atoms with E-state index in [1.165, 1.54) is 13.8 Å². The molecule has 0 aromatic heterocycles. The zero-order chi connectivity index (χ0) is 27.9. The second kappa shape index (κ2) is 9.72. The molecule has 1 aliphatic heterocycles. The summed E-state index contributed by atoms with van der Waals surface area (Å²) >= 11 is 0. The van der Waals surface area contributed by atoms with Crippen molar-refractivity contribution in [2.45, 2.75) is 56.5 Å². The van der Waals surface area contributed by atoms with Crippen molar-refractivity contribution in [2.24, 2.45) is 0 Å². The molecular formula is C23H25F4N3O6S. The number of carbonyl (C=O) groups is 2. The van der Waals surface area contributed by atoms with E-state index in [2.05, 4.69) is 5.32 Å². The van der Waals surface area contributed by atoms with Gasteiger partial charge in [-0.25, -0.2) is 17.6 Å². The summed E-state index contributed by atoms with van der Waals surface area (Å²) < 4.78 is 88.8. The van der Waals surface area contributed by atoms with E-state index in [-0.39, 0.29) is 27.8 Å². The summed E-state index contributed by atoms with van der Waals surface area (Å²) in [7, 11) is -4.45. The molecule has 2 amide bonds. The Hall–Kier alpha value is -3.55. The number of anilines is 2. The van der Waals surface area contributed by atoms with Gasteiger partial charge in [-0.15, -0.1) is 0 Å². The highest BCUT2D eigenvalue weighted by atomic mass is 32.2. The number of nitrogens with one attached hydrogen (secondary N) is 1. The highest BCUT2D eigenvalue weighted by Crippen LogP contribution is 2.45. The van der Waals surface area contributed by atoms with Crippen LogP contribution in [-0.2, 0) is 14.8 Å². The number of hydrogen-bond acceptors (Lipinski definition) is 5. The average molecular weight is 548 g/mol. The van der Waals surface area contributed by atoms with Crippen LogP contribution in [0.25, 0.3) is 0 Å². The second-order valence-electron chi connectivity index (χ2n) is 8.92. The molecule has 2 N–H and O–H groups in total. The number of halogens is 4. The number of hydrogen-bond donors (Lipinski definition) is 2. The molecule has 2 aromatic carbocycles. The van der Waals surface area contributed by atoms with Crippen molar-refractivity contribution in [3.8, 4) is 5.75 Å². The maximum absolute atomic E-state index is 13.8. The molecular weight excluding hydrogens is 522 g/mol. The van der Waals surface area contributed by atoms with Gasteiger partial charge in [-0.1, -0.05) is 0 Å². The number of rotatable bonds is 6. The number of benzene rings is 2. The van der Waals surface area contributed by atoms with Gasteiger partial charge < -0.3 is 15.2 Å². The van der Waals surface area contributed by atoms with Gasteiger partial charge in [0.2, 0.25) is 5.91 Å². The number of alkyl halides is 3. The van der Waals surface area contributed by atoms with Gasteiger partial charge in [0.15, 0.2) is 0 Å². The van der Waals surface area contributed by atoms with Crippen molar-refractivity contribution in [3.05, 3.63) is 48.3 Å². The van der Waals surface area contributed by atoms with Crippen LogP contribution in [0.3, 0.4) is 0 Å². The van der Waals surface area contributed by atoms with Crippen LogP contribution in [0, 0.1) is 5.82 Å². The molecule has 9 nitrogen and oxygen atoms in total. The maximum atomic E-state index is 13.8. The first-order valence-corrected chi connectivity index (χ1v) is 12.4. The molecule has 0 spiro atoms. The van der Waals surface area contributed by atoms with Crippen molar-refractivity contribution >= 4 is 33.4 Å². The van der Waals surface area contributed by atoms with E-state index in [0.717, 1.165) is 46.8 Å². The number of ether oxygens (including phenoxy) is 1. The van der Waals surface area contributed by atoms with E-state index in [1.807, 2.05) is 0 Å². The lowest BCUT2D eigenvalue weighted by atomic mass is 10.0. The predicted octanol–water partition coefficient (Wildman–Crippen LogP) is 4.13. The van der Waals surface area contributed by atoms with Crippen molar-refractivity contribution < 1.29 is 45.4 Å². The fourth-order valence-electron chi connectivity index (χ4n) is 3.87. The van der Waals surface area contributed by atoms with Gasteiger partial charge in [-0.2, -0.15) is 13.2 Å². The molecule has 1 heterocycles. The van der Waals surface area contributed by atoms with Gasteiger partial charge >= 0.3 is 12.3 Å². The van der Waals surface area contributed by atoms with Crippen LogP contribution in [0.5, 0.6) is 5.75 Å². The highest BCUT2D eigenvalue weighted by molar-refractivity contribution is 7.92. The van der Waals surface area contributed by atoms with Gasteiger partial charge in [0, 0.05) is 6.92 Å². The Morgan fingerprint density at radius 3 is 2.24 bits per heavy atom. The highest BCUT2D eigenvalue weighted by Gasteiger charge is 2.54. The van der Waals surface area contributed by atoms with Crippen LogP contribution in [0.15, 0.2) is 47.4 Å². The van der Waals surface area contributed by atoms with Crippen molar-refractivity contribution in [2.75, 3.05) is 15.7 Å². The molecule has 0 saturated heterocycles. The van der Waals surface area contributed by atoms with E-state index < -0.39 is 57.4 Å². The van der Waals surface area contributed by atoms with Gasteiger partial charge in [0.1, 0.15) is 23.2 Å². The number of nitrogens with zero attached hydrogens (tertiary/aromatic N) is 2. The number of sulfonamides is 1. The third-order valence-electron chi connectivity index (χ3n) is 5.99. The van der Waals surface area contributed by atoms with Crippen molar-refractivity contribution in [3.63, 3.8) is 0 Å². The minimum absolute atomic E-state index is 0.0713. The lowest BCUT2D eigenvalue weighted by Crippen LogP contribution is -2.57. The molecule has 0 aliphatic carbocycles. The Labute approximate surface area is 210 Å². The number of carboxylic acid groups (broad SMARTS) is 1. The number of fused-ring (bicyclic) bond motifs is 1. The first-order chi connectivity index (χ1) is 17.0. The van der Waals surface area contributed by atoms with E-state index in [0.29, 0.717) is 13.8 Å². The SMILES string of the molecule is CC(=O)NC[C@H]1Oc2ccc(N(C(=O)O)C(C)(C)C(F)(F)F)cc2N(S(=O)(=O)c2ccc(F)cc2)[C@@H]1C. The molecule has 0 fully saturated rings. The zero-order valence-electron chi connectivity index (χ0n) is 20.2. The lowest BCUT2D eigenvalue weighted by molar-refractivity contribution is -0.175. The number of amides is 2. The fourth-order valence-corrected chi connectivity index (χ4v) is 5.56. The summed E-state index contributed by atoms with van der Waals surface area (Å²) in [5.41, 5.74) is -3.55. The van der Waals surface area contributed by atoms with Crippen LogP contribution in [0.4, 0.5) is 33.7 Å². The van der Waals surface area contributed by atoms with Crippen molar-refractivity contribution in [1.29, 1.82) is 0 Å². The van der Waals surface area contributed by atoms with E-state index >= 15 is 0 Å².